The number of nitrogens with zero attached hydrogens (tertiary/aromatic N) is 1. The minimum absolute atomic E-state index is 0.179. The van der Waals surface area contributed by atoms with E-state index in [0.29, 0.717) is 17.4 Å². The Kier molecular flexibility index (Phi) is 69.5. The number of carbonyl (C=O) groups is 3. The molecule has 0 aromatic rings. The predicted molar refractivity (Wildman–Crippen MR) is 392 cm³/mol. The molecule has 0 aromatic heterocycles. The molecule has 2 atom stereocenters. The van der Waals surface area contributed by atoms with Gasteiger partial charge in [-0.25, -0.2) is 4.79 Å². The molecule has 1 N–H and O–H groups in total. The number of hydrogen-bond donors (Lipinski definition) is 1. The summed E-state index contributed by atoms with van der Waals surface area (Å²) in [6.45, 7) is 4.81. The summed E-state index contributed by atoms with van der Waals surface area (Å²) in [6.07, 6.45) is 95.8. The van der Waals surface area contributed by atoms with E-state index in [4.69, 9.17) is 18.9 Å². The fraction of sp³-hybridized carbons (Fsp3) is 0.793. The number of allylic oxidation sites excluding steroid dienone is 14. The number of carbonyl (C=O) groups excluding carboxylic acids is 2. The van der Waals surface area contributed by atoms with Crippen LogP contribution in [-0.4, -0.2) is 87.4 Å². The molecule has 9 heteroatoms. The van der Waals surface area contributed by atoms with Crippen LogP contribution in [0.4, 0.5) is 0 Å². The highest BCUT2D eigenvalue weighted by molar-refractivity contribution is 5.71. The number of aliphatic carboxylic acids is 1. The van der Waals surface area contributed by atoms with Gasteiger partial charge in [-0.05, 0) is 89.9 Å². The van der Waals surface area contributed by atoms with Gasteiger partial charge in [0.1, 0.15) is 13.2 Å². The summed E-state index contributed by atoms with van der Waals surface area (Å²) in [5.74, 6) is -1.98. The van der Waals surface area contributed by atoms with Crippen LogP contribution in [0, 0.1) is 0 Å². The molecule has 0 aliphatic heterocycles. The normalized spacial score (nSPS) is 13.1. The molecule has 0 rings (SSSR count). The second kappa shape index (κ2) is 72.3. The van der Waals surface area contributed by atoms with Crippen LogP contribution in [0.1, 0.15) is 361 Å². The third-order valence-electron chi connectivity index (χ3n) is 17.1. The van der Waals surface area contributed by atoms with E-state index in [2.05, 4.69) is 98.9 Å². The minimum Gasteiger partial charge on any atom is -0.477 e. The first-order valence-electron chi connectivity index (χ1n) is 38.8. The fourth-order valence-corrected chi connectivity index (χ4v) is 11.3. The quantitative estimate of drug-likeness (QED) is 0.0211. The van der Waals surface area contributed by atoms with E-state index in [9.17, 15) is 19.5 Å². The topological polar surface area (TPSA) is 108 Å². The van der Waals surface area contributed by atoms with Crippen LogP contribution in [0.3, 0.4) is 0 Å². The Hall–Kier alpha value is -3.53. The van der Waals surface area contributed by atoms with Crippen molar-refractivity contribution in [3.05, 3.63) is 85.1 Å². The van der Waals surface area contributed by atoms with Crippen molar-refractivity contribution in [3.8, 4) is 0 Å². The van der Waals surface area contributed by atoms with Gasteiger partial charge in [0.15, 0.2) is 6.10 Å². The highest BCUT2D eigenvalue weighted by Gasteiger charge is 2.25. The molecule has 0 aliphatic rings. The lowest BCUT2D eigenvalue weighted by Gasteiger charge is -2.25. The summed E-state index contributed by atoms with van der Waals surface area (Å²) in [5, 5.41) is 9.77. The van der Waals surface area contributed by atoms with Gasteiger partial charge in [-0.2, -0.15) is 0 Å². The highest BCUT2D eigenvalue weighted by atomic mass is 16.7. The van der Waals surface area contributed by atoms with E-state index in [1.165, 1.54) is 257 Å². The van der Waals surface area contributed by atoms with Crippen molar-refractivity contribution in [1.29, 1.82) is 0 Å². The number of carboxylic acid groups (broad SMARTS) is 1. The van der Waals surface area contributed by atoms with Crippen molar-refractivity contribution in [2.75, 3.05) is 47.5 Å². The lowest BCUT2D eigenvalue weighted by molar-refractivity contribution is -0.870. The molecular weight excluding hydrogens is 1130 g/mol. The highest BCUT2D eigenvalue weighted by Crippen LogP contribution is 2.19. The summed E-state index contributed by atoms with van der Waals surface area (Å²) in [4.78, 5) is 37.7. The van der Waals surface area contributed by atoms with E-state index in [-0.39, 0.29) is 38.2 Å². The first-order valence-corrected chi connectivity index (χ1v) is 38.8. The summed E-state index contributed by atoms with van der Waals surface area (Å²) in [6, 6.07) is 0. The third-order valence-corrected chi connectivity index (χ3v) is 17.1. The van der Waals surface area contributed by atoms with Crippen LogP contribution in [0.5, 0.6) is 0 Å². The van der Waals surface area contributed by atoms with Gasteiger partial charge in [-0.15, -0.1) is 0 Å². The molecular formula is C82H148NO8+. The molecule has 0 radical (unpaired) electrons. The van der Waals surface area contributed by atoms with Crippen molar-refractivity contribution in [3.63, 3.8) is 0 Å². The number of ether oxygens (including phenoxy) is 4. The Balaban J connectivity index is 3.99. The summed E-state index contributed by atoms with van der Waals surface area (Å²) in [7, 11) is 5.99. The third kappa shape index (κ3) is 73.7. The SMILES string of the molecule is CC/C=C\C/C=C\C/C=C\C/C=C\C/C=C\CCCCCCCCCCCCCCCCCCCCCCCCCC(=O)OC(COC(=O)CCCCCCCCCCCCCCCCC/C=C\C/C=C\CCCCCCC)COC(OCC[N+](C)(C)C)C(=O)O. The molecule has 0 saturated carbocycles. The van der Waals surface area contributed by atoms with E-state index in [0.717, 1.165) is 77.0 Å². The zero-order chi connectivity index (χ0) is 66.1. The first-order chi connectivity index (χ1) is 44.6. The summed E-state index contributed by atoms with van der Waals surface area (Å²) < 4.78 is 23.0. The zero-order valence-electron chi connectivity index (χ0n) is 60.5. The Bertz CT molecular complexity index is 1770. The van der Waals surface area contributed by atoms with Gasteiger partial charge >= 0.3 is 17.9 Å². The number of likely N-dealkylation sites (N-methyl/N-ethyl adjacent to an activating group) is 1. The molecule has 0 bridgehead atoms. The van der Waals surface area contributed by atoms with Crippen LogP contribution in [-0.2, 0) is 33.3 Å². The molecule has 0 heterocycles. The van der Waals surface area contributed by atoms with Gasteiger partial charge in [0.2, 0.25) is 0 Å². The average Bonchev–Trinajstić information content (AvgIpc) is 3.46. The first kappa shape index (κ1) is 87.5. The molecule has 91 heavy (non-hydrogen) atoms. The molecule has 528 valence electrons. The van der Waals surface area contributed by atoms with Crippen molar-refractivity contribution < 1.29 is 42.9 Å². The van der Waals surface area contributed by atoms with Gasteiger partial charge in [-0.3, -0.25) is 9.59 Å². The van der Waals surface area contributed by atoms with Crippen molar-refractivity contribution >= 4 is 17.9 Å². The number of esters is 2. The Morgan fingerprint density at radius 2 is 0.626 bits per heavy atom. The molecule has 0 aromatic carbocycles. The maximum atomic E-state index is 13.0. The van der Waals surface area contributed by atoms with Crippen LogP contribution in [0.25, 0.3) is 0 Å². The van der Waals surface area contributed by atoms with Gasteiger partial charge in [-0.1, -0.05) is 343 Å². The summed E-state index contributed by atoms with van der Waals surface area (Å²) in [5.41, 5.74) is 0. The molecule has 0 spiro atoms. The van der Waals surface area contributed by atoms with Crippen molar-refractivity contribution in [2.45, 2.75) is 373 Å². The number of rotatable bonds is 72. The standard InChI is InChI=1S/C82H147NO8/c1-6-8-10-12-14-16-18-20-22-24-26-28-30-32-34-35-36-37-38-39-40-41-42-43-44-45-47-49-51-53-55-57-59-61-63-65-67-69-71-73-80(85)91-78(77-90-82(81(86)87)88-75-74-83(3,4)5)76-89-79(84)72-70-68-66-64-62-60-58-56-54-52-50-48-46-33-31-29-27-25-23-21-19-17-15-13-11-9-7-2/h8,10,14,16,19-22,25-28,32,34,78,82H,6-7,9,11-13,15,17-18,23-24,29-31,33,35-77H2,1-5H3/p+1/b10-8-,16-14-,21-19-,22-20-,27-25-,28-26-,34-32-. The maximum absolute atomic E-state index is 13.0. The van der Waals surface area contributed by atoms with Crippen molar-refractivity contribution in [2.24, 2.45) is 0 Å². The predicted octanol–water partition coefficient (Wildman–Crippen LogP) is 24.6. The van der Waals surface area contributed by atoms with Crippen LogP contribution < -0.4 is 0 Å². The van der Waals surface area contributed by atoms with Crippen LogP contribution in [0.15, 0.2) is 85.1 Å². The molecule has 2 unspecified atom stereocenters. The minimum atomic E-state index is -1.51. The van der Waals surface area contributed by atoms with E-state index >= 15 is 0 Å². The zero-order valence-corrected chi connectivity index (χ0v) is 60.5. The number of carboxylic acids is 1. The van der Waals surface area contributed by atoms with E-state index in [1.807, 2.05) is 21.1 Å². The van der Waals surface area contributed by atoms with E-state index in [1.54, 1.807) is 0 Å². The number of quaternary nitrogens is 1. The smallest absolute Gasteiger partial charge is 0.361 e. The molecule has 9 nitrogen and oxygen atoms in total. The second-order valence-electron chi connectivity index (χ2n) is 27.3. The Morgan fingerprint density at radius 3 is 0.934 bits per heavy atom. The summed E-state index contributed by atoms with van der Waals surface area (Å²) >= 11 is 0. The fourth-order valence-electron chi connectivity index (χ4n) is 11.3. The molecule has 0 saturated heterocycles. The van der Waals surface area contributed by atoms with Crippen molar-refractivity contribution in [1.82, 2.24) is 0 Å². The lowest BCUT2D eigenvalue weighted by Crippen LogP contribution is -2.40. The molecule has 0 aliphatic carbocycles. The van der Waals surface area contributed by atoms with Crippen LogP contribution in [0.2, 0.25) is 0 Å². The molecule has 0 amide bonds. The maximum Gasteiger partial charge on any atom is 0.361 e. The molecule has 0 fully saturated rings. The van der Waals surface area contributed by atoms with Gasteiger partial charge in [0.25, 0.3) is 6.29 Å². The second-order valence-corrected chi connectivity index (χ2v) is 27.3. The number of unbranched alkanes of at least 4 members (excludes halogenated alkanes) is 43. The Labute approximate surface area is 563 Å². The average molecular weight is 1280 g/mol. The largest absolute Gasteiger partial charge is 0.477 e. The van der Waals surface area contributed by atoms with E-state index < -0.39 is 18.4 Å². The number of hydrogen-bond acceptors (Lipinski definition) is 7. The van der Waals surface area contributed by atoms with Gasteiger partial charge in [0, 0.05) is 12.8 Å². The Morgan fingerprint density at radius 1 is 0.341 bits per heavy atom. The monoisotopic (exact) mass is 1280 g/mol. The van der Waals surface area contributed by atoms with Gasteiger partial charge < -0.3 is 28.5 Å². The lowest BCUT2D eigenvalue weighted by atomic mass is 10.0. The van der Waals surface area contributed by atoms with Gasteiger partial charge in [0.05, 0.1) is 34.4 Å². The van der Waals surface area contributed by atoms with Crippen LogP contribution >= 0.6 is 0 Å².